The van der Waals surface area contributed by atoms with Crippen LogP contribution in [-0.2, 0) is 9.53 Å². The first-order valence-electron chi connectivity index (χ1n) is 4.20. The van der Waals surface area contributed by atoms with Crippen molar-refractivity contribution >= 4 is 5.91 Å². The molecule has 0 N–H and O–H groups in total. The Bertz CT molecular complexity index is 155. The van der Waals surface area contributed by atoms with Crippen LogP contribution >= 0.6 is 0 Å². The number of nitrogens with zero attached hydrogens (tertiary/aromatic N) is 2. The van der Waals surface area contributed by atoms with Crippen molar-refractivity contribution in [2.45, 2.75) is 13.0 Å². The summed E-state index contributed by atoms with van der Waals surface area (Å²) in [6.45, 7) is 4.79. The molecule has 69 valence electrons. The predicted octanol–water partition coefficient (Wildman–Crippen LogP) is -0.532. The summed E-state index contributed by atoms with van der Waals surface area (Å²) in [6, 6.07) is 0. The van der Waals surface area contributed by atoms with Crippen LogP contribution in [0, 0.1) is 0 Å². The van der Waals surface area contributed by atoms with Crippen LogP contribution < -0.4 is 5.32 Å². The van der Waals surface area contributed by atoms with Crippen LogP contribution in [0.25, 0.3) is 0 Å². The third-order valence-electron chi connectivity index (χ3n) is 2.07. The van der Waals surface area contributed by atoms with E-state index in [1.165, 1.54) is 0 Å². The summed E-state index contributed by atoms with van der Waals surface area (Å²) in [5.74, 6) is 0.0763. The molecule has 0 unspecified atom stereocenters. The van der Waals surface area contributed by atoms with Crippen LogP contribution in [0.2, 0.25) is 0 Å². The number of rotatable bonds is 2. The summed E-state index contributed by atoms with van der Waals surface area (Å²) < 4.78 is 4.94. The van der Waals surface area contributed by atoms with E-state index in [4.69, 9.17) is 4.74 Å². The molecule has 1 aliphatic heterocycles. The largest absolute Gasteiger partial charge is 0.372 e. The Labute approximate surface area is 72.9 Å². The van der Waals surface area contributed by atoms with Crippen molar-refractivity contribution in [2.75, 3.05) is 33.3 Å². The number of hydrogen-bond acceptors (Lipinski definition) is 2. The molecule has 0 aromatic rings. The lowest BCUT2D eigenvalue weighted by atomic mass is 10.3. The zero-order chi connectivity index (χ0) is 8.97. The molecule has 1 atom stereocenters. The maximum absolute atomic E-state index is 11.5. The minimum atomic E-state index is -0.317. The molecule has 0 aromatic carbocycles. The van der Waals surface area contributed by atoms with E-state index in [0.29, 0.717) is 0 Å². The molecule has 1 fully saturated rings. The van der Waals surface area contributed by atoms with E-state index < -0.39 is 0 Å². The lowest BCUT2D eigenvalue weighted by Gasteiger charge is -2.28. The quantitative estimate of drug-likeness (QED) is 0.560. The van der Waals surface area contributed by atoms with Crippen molar-refractivity contribution in [1.82, 2.24) is 10.2 Å². The summed E-state index contributed by atoms with van der Waals surface area (Å²) in [5, 5.41) is 4.16. The topological polar surface area (TPSA) is 43.6 Å². The van der Waals surface area contributed by atoms with E-state index in [-0.39, 0.29) is 12.0 Å². The lowest BCUT2D eigenvalue weighted by molar-refractivity contribution is -0.141. The van der Waals surface area contributed by atoms with Crippen molar-refractivity contribution in [3.8, 4) is 0 Å². The summed E-state index contributed by atoms with van der Waals surface area (Å²) in [4.78, 5) is 13.3. The van der Waals surface area contributed by atoms with Gasteiger partial charge in [-0.15, -0.1) is 0 Å². The van der Waals surface area contributed by atoms with E-state index >= 15 is 0 Å². The minimum absolute atomic E-state index is 0.0763. The molecule has 1 rings (SSSR count). The third kappa shape index (κ3) is 2.19. The summed E-state index contributed by atoms with van der Waals surface area (Å²) in [6.07, 6.45) is -0.317. The van der Waals surface area contributed by atoms with Gasteiger partial charge in [-0.3, -0.25) is 4.79 Å². The van der Waals surface area contributed by atoms with Gasteiger partial charge in [-0.25, -0.2) is 5.32 Å². The molecule has 0 spiro atoms. The normalized spacial score (nSPS) is 20.7. The van der Waals surface area contributed by atoms with Crippen LogP contribution in [-0.4, -0.2) is 50.2 Å². The second-order valence-electron chi connectivity index (χ2n) is 2.87. The average Bonchev–Trinajstić information content (AvgIpc) is 2.17. The Morgan fingerprint density at radius 2 is 2.08 bits per heavy atom. The van der Waals surface area contributed by atoms with Crippen molar-refractivity contribution in [1.29, 1.82) is 0 Å². The first kappa shape index (κ1) is 9.48. The number of piperazine rings is 1. The Morgan fingerprint density at radius 3 is 2.58 bits per heavy atom. The maximum atomic E-state index is 11.5. The standard InChI is InChI=1S/C8H15N2O2/c1-7(12-2)8(11)10-5-3-9-4-6-10/h7H,3-6H2,1-2H3/t7-/m1/s1. The summed E-state index contributed by atoms with van der Waals surface area (Å²) >= 11 is 0. The van der Waals surface area contributed by atoms with Gasteiger partial charge >= 0.3 is 0 Å². The van der Waals surface area contributed by atoms with Crippen molar-refractivity contribution in [3.05, 3.63) is 0 Å². The molecule has 0 bridgehead atoms. The minimum Gasteiger partial charge on any atom is -0.372 e. The zero-order valence-corrected chi connectivity index (χ0v) is 7.62. The zero-order valence-electron chi connectivity index (χ0n) is 7.62. The highest BCUT2D eigenvalue weighted by Gasteiger charge is 2.21. The van der Waals surface area contributed by atoms with E-state index in [9.17, 15) is 4.79 Å². The SMILES string of the molecule is CO[C@H](C)C(=O)N1CC[N]CC1. The molecule has 1 aliphatic rings. The van der Waals surface area contributed by atoms with E-state index in [1.54, 1.807) is 18.9 Å². The molecule has 1 radical (unpaired) electrons. The molecule has 1 saturated heterocycles. The molecule has 0 saturated carbocycles. The highest BCUT2D eigenvalue weighted by atomic mass is 16.5. The highest BCUT2D eigenvalue weighted by Crippen LogP contribution is 2.00. The Balaban J connectivity index is 2.39. The van der Waals surface area contributed by atoms with Crippen LogP contribution in [0.15, 0.2) is 0 Å². The van der Waals surface area contributed by atoms with Gasteiger partial charge in [-0.05, 0) is 6.92 Å². The van der Waals surface area contributed by atoms with Gasteiger partial charge in [0, 0.05) is 33.3 Å². The van der Waals surface area contributed by atoms with E-state index in [0.717, 1.165) is 26.2 Å². The van der Waals surface area contributed by atoms with Gasteiger partial charge in [0.2, 0.25) is 0 Å². The monoisotopic (exact) mass is 171 g/mol. The third-order valence-corrected chi connectivity index (χ3v) is 2.07. The molecule has 12 heavy (non-hydrogen) atoms. The lowest BCUT2D eigenvalue weighted by Crippen LogP contribution is -2.47. The molecule has 1 amide bonds. The van der Waals surface area contributed by atoms with Gasteiger partial charge in [0.1, 0.15) is 6.10 Å². The Hall–Kier alpha value is -0.610. The number of carbonyl (C=O) groups excluding carboxylic acids is 1. The fourth-order valence-corrected chi connectivity index (χ4v) is 1.18. The number of ether oxygens (including phenoxy) is 1. The molecule has 0 aromatic heterocycles. The molecule has 4 nitrogen and oxygen atoms in total. The number of methoxy groups -OCH3 is 1. The average molecular weight is 171 g/mol. The second-order valence-corrected chi connectivity index (χ2v) is 2.87. The molecule has 0 aliphatic carbocycles. The Kier molecular flexibility index (Phi) is 3.49. The fraction of sp³-hybridized carbons (Fsp3) is 0.875. The van der Waals surface area contributed by atoms with Crippen LogP contribution in [0.5, 0.6) is 0 Å². The highest BCUT2D eigenvalue weighted by molar-refractivity contribution is 5.80. The Morgan fingerprint density at radius 1 is 1.50 bits per heavy atom. The van der Waals surface area contributed by atoms with E-state index in [2.05, 4.69) is 5.32 Å². The second kappa shape index (κ2) is 4.42. The van der Waals surface area contributed by atoms with Gasteiger partial charge < -0.3 is 9.64 Å². The molecule has 4 heteroatoms. The summed E-state index contributed by atoms with van der Waals surface area (Å²) in [7, 11) is 1.55. The van der Waals surface area contributed by atoms with Crippen LogP contribution in [0.4, 0.5) is 0 Å². The first-order chi connectivity index (χ1) is 5.75. The van der Waals surface area contributed by atoms with Crippen LogP contribution in [0.1, 0.15) is 6.92 Å². The number of hydrogen-bond donors (Lipinski definition) is 0. The first-order valence-corrected chi connectivity index (χ1v) is 4.20. The molecule has 1 heterocycles. The van der Waals surface area contributed by atoms with Crippen LogP contribution in [0.3, 0.4) is 0 Å². The molecular formula is C8H15N2O2. The van der Waals surface area contributed by atoms with E-state index in [1.807, 2.05) is 0 Å². The summed E-state index contributed by atoms with van der Waals surface area (Å²) in [5.41, 5.74) is 0. The maximum Gasteiger partial charge on any atom is 0.251 e. The van der Waals surface area contributed by atoms with Gasteiger partial charge in [-0.1, -0.05) is 0 Å². The van der Waals surface area contributed by atoms with Crippen molar-refractivity contribution < 1.29 is 9.53 Å². The predicted molar refractivity (Wildman–Crippen MR) is 44.9 cm³/mol. The van der Waals surface area contributed by atoms with Crippen molar-refractivity contribution in [2.24, 2.45) is 0 Å². The molecular weight excluding hydrogens is 156 g/mol. The van der Waals surface area contributed by atoms with Gasteiger partial charge in [-0.2, -0.15) is 0 Å². The number of carbonyl (C=O) groups is 1. The smallest absolute Gasteiger partial charge is 0.251 e. The number of amides is 1. The van der Waals surface area contributed by atoms with Crippen molar-refractivity contribution in [3.63, 3.8) is 0 Å². The van der Waals surface area contributed by atoms with Gasteiger partial charge in [0.15, 0.2) is 0 Å². The fourth-order valence-electron chi connectivity index (χ4n) is 1.18. The van der Waals surface area contributed by atoms with Gasteiger partial charge in [0.25, 0.3) is 5.91 Å². The van der Waals surface area contributed by atoms with Gasteiger partial charge in [0.05, 0.1) is 0 Å².